The van der Waals surface area contributed by atoms with Crippen LogP contribution in [0.1, 0.15) is 34.1 Å². The highest BCUT2D eigenvalue weighted by Crippen LogP contribution is 2.28. The lowest BCUT2D eigenvalue weighted by Gasteiger charge is -2.37. The van der Waals surface area contributed by atoms with E-state index in [0.29, 0.717) is 12.5 Å². The van der Waals surface area contributed by atoms with Crippen molar-refractivity contribution in [3.05, 3.63) is 24.3 Å². The van der Waals surface area contributed by atoms with E-state index in [1.807, 2.05) is 18.2 Å². The summed E-state index contributed by atoms with van der Waals surface area (Å²) in [5.41, 5.74) is 1.89. The molecule has 5 heteroatoms. The van der Waals surface area contributed by atoms with Crippen molar-refractivity contribution < 1.29 is 9.53 Å². The lowest BCUT2D eigenvalue weighted by Crippen LogP contribution is -2.45. The van der Waals surface area contributed by atoms with Crippen LogP contribution in [0.25, 0.3) is 0 Å². The number of para-hydroxylation sites is 2. The summed E-state index contributed by atoms with van der Waals surface area (Å²) in [5, 5.41) is 5.90. The third-order valence-electron chi connectivity index (χ3n) is 3.92. The Kier molecular flexibility index (Phi) is 6.28. The molecule has 1 aliphatic heterocycles. The molecule has 2 rings (SSSR count). The number of nitrogens with one attached hydrogen (secondary N) is 2. The van der Waals surface area contributed by atoms with Crippen molar-refractivity contribution >= 4 is 17.4 Å². The molecule has 1 saturated heterocycles. The normalized spacial score (nSPS) is 21.3. The van der Waals surface area contributed by atoms with E-state index in [1.165, 1.54) is 0 Å². The van der Waals surface area contributed by atoms with Gasteiger partial charge in [0.2, 0.25) is 0 Å². The second-order valence-electron chi connectivity index (χ2n) is 6.74. The van der Waals surface area contributed by atoms with Gasteiger partial charge in [0.1, 0.15) is 0 Å². The Morgan fingerprint density at radius 2 is 1.91 bits per heavy atom. The lowest BCUT2D eigenvalue weighted by molar-refractivity contribution is -0.00517. The van der Waals surface area contributed by atoms with Crippen LogP contribution in [0.15, 0.2) is 24.3 Å². The van der Waals surface area contributed by atoms with Crippen molar-refractivity contribution in [3.8, 4) is 0 Å². The second kappa shape index (κ2) is 8.20. The van der Waals surface area contributed by atoms with Gasteiger partial charge in [-0.05, 0) is 38.3 Å². The molecule has 0 saturated carbocycles. The van der Waals surface area contributed by atoms with E-state index in [4.69, 9.17) is 4.74 Å². The number of carbonyl (C=O) groups is 1. The smallest absolute Gasteiger partial charge is 0.319 e. The lowest BCUT2D eigenvalue weighted by atomic mass is 10.1. The number of benzene rings is 1. The first-order chi connectivity index (χ1) is 11.0. The molecular weight excluding hydrogens is 290 g/mol. The summed E-state index contributed by atoms with van der Waals surface area (Å²) in [6.45, 7) is 10.8. The first kappa shape index (κ1) is 17.6. The first-order valence-corrected chi connectivity index (χ1v) is 8.50. The number of amides is 2. The molecule has 0 bridgehead atoms. The minimum atomic E-state index is -0.146. The first-order valence-electron chi connectivity index (χ1n) is 8.50. The van der Waals surface area contributed by atoms with Gasteiger partial charge in [-0.15, -0.1) is 0 Å². The third-order valence-corrected chi connectivity index (χ3v) is 3.92. The van der Waals surface area contributed by atoms with E-state index >= 15 is 0 Å². The number of rotatable bonds is 5. The summed E-state index contributed by atoms with van der Waals surface area (Å²) in [6, 6.07) is 7.80. The van der Waals surface area contributed by atoms with Crippen LogP contribution in [0.5, 0.6) is 0 Å². The van der Waals surface area contributed by atoms with Crippen molar-refractivity contribution in [2.75, 3.05) is 29.9 Å². The Labute approximate surface area is 139 Å². The fourth-order valence-corrected chi connectivity index (χ4v) is 2.87. The van der Waals surface area contributed by atoms with Gasteiger partial charge in [0.15, 0.2) is 0 Å². The zero-order valence-electron chi connectivity index (χ0n) is 14.6. The maximum Gasteiger partial charge on any atom is 0.319 e. The molecule has 0 spiro atoms. The number of ether oxygens (including phenoxy) is 1. The molecule has 128 valence electrons. The molecular formula is C18H29N3O2. The summed E-state index contributed by atoms with van der Waals surface area (Å²) in [7, 11) is 0. The molecule has 1 aromatic carbocycles. The Balaban J connectivity index is 2.01. The van der Waals surface area contributed by atoms with Crippen LogP contribution in [0.2, 0.25) is 0 Å². The Bertz CT molecular complexity index is 509. The van der Waals surface area contributed by atoms with Crippen LogP contribution in [0, 0.1) is 5.92 Å². The van der Waals surface area contributed by atoms with Crippen molar-refractivity contribution in [1.82, 2.24) is 5.32 Å². The van der Waals surface area contributed by atoms with E-state index in [2.05, 4.69) is 49.3 Å². The van der Waals surface area contributed by atoms with Gasteiger partial charge in [-0.2, -0.15) is 0 Å². The van der Waals surface area contributed by atoms with Gasteiger partial charge in [0.05, 0.1) is 23.6 Å². The molecule has 1 heterocycles. The Hall–Kier alpha value is -1.75. The van der Waals surface area contributed by atoms with Gasteiger partial charge in [-0.25, -0.2) is 4.79 Å². The Morgan fingerprint density at radius 3 is 2.57 bits per heavy atom. The monoisotopic (exact) mass is 319 g/mol. The molecule has 1 aliphatic rings. The molecule has 2 amide bonds. The van der Waals surface area contributed by atoms with Crippen LogP contribution in [0.3, 0.4) is 0 Å². The van der Waals surface area contributed by atoms with Gasteiger partial charge in [0.25, 0.3) is 0 Å². The minimum Gasteiger partial charge on any atom is -0.372 e. The quantitative estimate of drug-likeness (QED) is 0.874. The molecule has 0 radical (unpaired) electrons. The van der Waals surface area contributed by atoms with Crippen LogP contribution in [-0.2, 0) is 4.74 Å². The maximum absolute atomic E-state index is 12.1. The number of carbonyl (C=O) groups excluding carboxylic acids is 1. The van der Waals surface area contributed by atoms with Crippen LogP contribution < -0.4 is 15.5 Å². The average Bonchev–Trinajstić information content (AvgIpc) is 2.46. The predicted molar refractivity (Wildman–Crippen MR) is 95.1 cm³/mol. The molecule has 5 nitrogen and oxygen atoms in total. The number of hydrogen-bond donors (Lipinski definition) is 2. The average molecular weight is 319 g/mol. The molecule has 1 aromatic rings. The highest BCUT2D eigenvalue weighted by atomic mass is 16.5. The number of hydrogen-bond acceptors (Lipinski definition) is 3. The van der Waals surface area contributed by atoms with Crippen LogP contribution >= 0.6 is 0 Å². The summed E-state index contributed by atoms with van der Waals surface area (Å²) in [5.74, 6) is 0.582. The number of urea groups is 1. The topological polar surface area (TPSA) is 53.6 Å². The van der Waals surface area contributed by atoms with Crippen molar-refractivity contribution in [1.29, 1.82) is 0 Å². The Morgan fingerprint density at radius 1 is 1.26 bits per heavy atom. The van der Waals surface area contributed by atoms with E-state index in [9.17, 15) is 4.79 Å². The van der Waals surface area contributed by atoms with Crippen molar-refractivity contribution in [2.45, 2.75) is 46.3 Å². The van der Waals surface area contributed by atoms with Gasteiger partial charge in [0, 0.05) is 19.6 Å². The fraction of sp³-hybridized carbons (Fsp3) is 0.611. The second-order valence-corrected chi connectivity index (χ2v) is 6.74. The van der Waals surface area contributed by atoms with E-state index < -0.39 is 0 Å². The van der Waals surface area contributed by atoms with Gasteiger partial charge >= 0.3 is 6.03 Å². The minimum absolute atomic E-state index is 0.146. The number of anilines is 2. The largest absolute Gasteiger partial charge is 0.372 e. The zero-order valence-corrected chi connectivity index (χ0v) is 14.6. The molecule has 1 fully saturated rings. The van der Waals surface area contributed by atoms with E-state index in [1.54, 1.807) is 0 Å². The maximum atomic E-state index is 12.1. The highest BCUT2D eigenvalue weighted by molar-refractivity contribution is 5.93. The summed E-state index contributed by atoms with van der Waals surface area (Å²) < 4.78 is 5.79. The summed E-state index contributed by atoms with van der Waals surface area (Å²) in [6.07, 6.45) is 1.35. The molecule has 0 aromatic heterocycles. The van der Waals surface area contributed by atoms with Gasteiger partial charge in [-0.3, -0.25) is 0 Å². The SMILES string of the molecule is CC(C)CCNC(=O)Nc1ccccc1N1CC(C)OC(C)C1. The molecule has 2 unspecified atom stereocenters. The predicted octanol–water partition coefficient (Wildman–Crippen LogP) is 3.47. The van der Waals surface area contributed by atoms with Crippen molar-refractivity contribution in [3.63, 3.8) is 0 Å². The van der Waals surface area contributed by atoms with E-state index in [-0.39, 0.29) is 18.2 Å². The molecule has 2 N–H and O–H groups in total. The summed E-state index contributed by atoms with van der Waals surface area (Å²) in [4.78, 5) is 14.4. The fourth-order valence-electron chi connectivity index (χ4n) is 2.87. The molecule has 2 atom stereocenters. The van der Waals surface area contributed by atoms with Gasteiger partial charge in [-0.1, -0.05) is 26.0 Å². The number of morpholine rings is 1. The van der Waals surface area contributed by atoms with Crippen LogP contribution in [-0.4, -0.2) is 37.9 Å². The zero-order chi connectivity index (χ0) is 16.8. The summed E-state index contributed by atoms with van der Waals surface area (Å²) >= 11 is 0. The highest BCUT2D eigenvalue weighted by Gasteiger charge is 2.24. The van der Waals surface area contributed by atoms with Crippen molar-refractivity contribution in [2.24, 2.45) is 5.92 Å². The van der Waals surface area contributed by atoms with E-state index in [0.717, 1.165) is 30.9 Å². The van der Waals surface area contributed by atoms with Gasteiger partial charge < -0.3 is 20.3 Å². The number of nitrogens with zero attached hydrogens (tertiary/aromatic N) is 1. The van der Waals surface area contributed by atoms with Crippen LogP contribution in [0.4, 0.5) is 16.2 Å². The molecule has 23 heavy (non-hydrogen) atoms. The third kappa shape index (κ3) is 5.43. The molecule has 0 aliphatic carbocycles. The standard InChI is InChI=1S/C18H29N3O2/c1-13(2)9-10-19-18(22)20-16-7-5-6-8-17(16)21-11-14(3)23-15(4)12-21/h5-8,13-15H,9-12H2,1-4H3,(H2,19,20,22).